The second-order valence-corrected chi connectivity index (χ2v) is 23.7. The van der Waals surface area contributed by atoms with Crippen LogP contribution in [0.2, 0.25) is 10.3 Å². The molecule has 0 aliphatic carbocycles. The SMILES string of the molecule is CCC1OC(n2cnc3c(Cl)nc(N(C(=O)OC(C)(C)C)C(=O)OC(C)(C)C)nc32)C(C)C(C)C1C.CCC1OC(n2cnc3nc(N(C(=O)OC(C)(C)C)C(=O)OC(C)(C)C)nc(Cl)c32)C(C)C(C)C1C. The highest BCUT2D eigenvalue weighted by Crippen LogP contribution is 2.44. The quantitative estimate of drug-likeness (QED) is 0.129. The number of aromatic nitrogens is 8. The molecule has 2 aliphatic heterocycles. The molecule has 2 aliphatic rings. The number of ether oxygens (including phenoxy) is 6. The van der Waals surface area contributed by atoms with Gasteiger partial charge in [0.25, 0.3) is 0 Å². The Balaban J connectivity index is 0.000000267. The molecule has 0 spiro atoms. The fraction of sp³-hybridized carbons (Fsp3) is 0.720. The second kappa shape index (κ2) is 21.9. The first-order valence-electron chi connectivity index (χ1n) is 24.7. The average Bonchev–Trinajstić information content (AvgIpc) is 3.85. The van der Waals surface area contributed by atoms with Gasteiger partial charge in [0.15, 0.2) is 21.6 Å². The molecular formula is C50H76Cl2N10O10. The zero-order valence-electron chi connectivity index (χ0n) is 45.7. The lowest BCUT2D eigenvalue weighted by Crippen LogP contribution is -2.44. The van der Waals surface area contributed by atoms with Crippen LogP contribution in [0, 0.1) is 35.5 Å². The van der Waals surface area contributed by atoms with Crippen molar-refractivity contribution in [3.8, 4) is 0 Å². The summed E-state index contributed by atoms with van der Waals surface area (Å²) < 4.78 is 38.3. The van der Waals surface area contributed by atoms with Gasteiger partial charge in [0, 0.05) is 11.8 Å². The molecule has 4 aromatic heterocycles. The van der Waals surface area contributed by atoms with E-state index in [2.05, 4.69) is 85.3 Å². The van der Waals surface area contributed by atoms with Crippen LogP contribution < -0.4 is 9.80 Å². The summed E-state index contributed by atoms with van der Waals surface area (Å²) in [6.45, 7) is 37.6. The van der Waals surface area contributed by atoms with Crippen molar-refractivity contribution in [1.29, 1.82) is 0 Å². The van der Waals surface area contributed by atoms with Crippen LogP contribution in [0.4, 0.5) is 31.1 Å². The summed E-state index contributed by atoms with van der Waals surface area (Å²) in [7, 11) is 0. The number of amides is 4. The molecule has 4 aromatic rings. The van der Waals surface area contributed by atoms with Crippen LogP contribution >= 0.6 is 23.2 Å². The number of carbonyl (C=O) groups excluding carboxylic acids is 4. The molecule has 6 heterocycles. The molecule has 0 aromatic carbocycles. The largest absolute Gasteiger partial charge is 0.443 e. The standard InChI is InChI=1S/2C25H38ClN5O5/c1-11-16-14(3)13(2)15(4)20(34-16)30-12-27-19-17(30)18(26)28-21(29-19)31(22(32)35-24(5,6)7)23(33)36-25(8,9)10;1-11-16-14(3)13(2)15(4)20(34-16)30-12-27-17-18(26)28-21(29-19(17)30)31(22(32)35-24(5,6)7)23(33)36-25(8,9)10/h2*12-16,20H,11H2,1-10H3. The maximum absolute atomic E-state index is 13.1. The highest BCUT2D eigenvalue weighted by atomic mass is 35.5. The molecule has 20 nitrogen and oxygen atoms in total. The van der Waals surface area contributed by atoms with Gasteiger partial charge in [0.05, 0.1) is 24.9 Å². The topological polar surface area (TPSA) is 217 Å². The van der Waals surface area contributed by atoms with Crippen molar-refractivity contribution in [2.75, 3.05) is 9.80 Å². The summed E-state index contributed by atoms with van der Waals surface area (Å²) in [4.78, 5) is 79.8. The van der Waals surface area contributed by atoms with E-state index < -0.39 is 46.8 Å². The van der Waals surface area contributed by atoms with Crippen LogP contribution in [0.25, 0.3) is 22.3 Å². The predicted octanol–water partition coefficient (Wildman–Crippen LogP) is 12.7. The molecule has 72 heavy (non-hydrogen) atoms. The summed E-state index contributed by atoms with van der Waals surface area (Å²) in [5, 5.41) is 0.0162. The van der Waals surface area contributed by atoms with Gasteiger partial charge in [-0.2, -0.15) is 19.9 Å². The molecule has 0 saturated carbocycles. The minimum absolute atomic E-state index is 0.0113. The Morgan fingerprint density at radius 3 is 1.28 bits per heavy atom. The molecule has 6 rings (SSSR count). The molecule has 2 saturated heterocycles. The van der Waals surface area contributed by atoms with Crippen LogP contribution in [0.5, 0.6) is 0 Å². The van der Waals surface area contributed by atoms with Crippen molar-refractivity contribution >= 4 is 81.8 Å². The third-order valence-corrected chi connectivity index (χ3v) is 13.3. The van der Waals surface area contributed by atoms with Crippen molar-refractivity contribution < 1.29 is 47.6 Å². The van der Waals surface area contributed by atoms with Gasteiger partial charge in [0.1, 0.15) is 45.9 Å². The van der Waals surface area contributed by atoms with E-state index in [4.69, 9.17) is 51.6 Å². The number of carbonyl (C=O) groups is 4. The summed E-state index contributed by atoms with van der Waals surface area (Å²) >= 11 is 13.1. The first kappa shape index (κ1) is 58.0. The predicted molar refractivity (Wildman–Crippen MR) is 274 cm³/mol. The molecule has 4 amide bonds. The van der Waals surface area contributed by atoms with Gasteiger partial charge in [0.2, 0.25) is 11.9 Å². The van der Waals surface area contributed by atoms with E-state index in [1.165, 1.54) is 0 Å². The highest BCUT2D eigenvalue weighted by molar-refractivity contribution is 6.34. The molecule has 0 radical (unpaired) electrons. The minimum Gasteiger partial charge on any atom is -0.443 e. The van der Waals surface area contributed by atoms with Crippen LogP contribution in [-0.4, -0.2) is 98.0 Å². The van der Waals surface area contributed by atoms with E-state index in [1.807, 2.05) is 4.57 Å². The van der Waals surface area contributed by atoms with Gasteiger partial charge in [-0.1, -0.05) is 78.6 Å². The fourth-order valence-electron chi connectivity index (χ4n) is 8.63. The lowest BCUT2D eigenvalue weighted by atomic mass is 9.77. The van der Waals surface area contributed by atoms with Gasteiger partial charge >= 0.3 is 24.4 Å². The first-order chi connectivity index (χ1) is 33.1. The Bertz CT molecular complexity index is 2540. The summed E-state index contributed by atoms with van der Waals surface area (Å²) in [5.41, 5.74) is -2.13. The average molecular weight is 1050 g/mol. The molecule has 10 unspecified atom stereocenters. The van der Waals surface area contributed by atoms with E-state index in [9.17, 15) is 19.2 Å². The molecular weight excluding hydrogens is 972 g/mol. The number of hydrogen-bond acceptors (Lipinski definition) is 16. The minimum atomic E-state index is -0.982. The highest BCUT2D eigenvalue weighted by Gasteiger charge is 2.43. The Hall–Kier alpha value is -4.92. The zero-order valence-corrected chi connectivity index (χ0v) is 47.2. The second-order valence-electron chi connectivity index (χ2n) is 23.0. The van der Waals surface area contributed by atoms with E-state index in [1.54, 1.807) is 100 Å². The van der Waals surface area contributed by atoms with E-state index in [0.717, 1.165) is 12.8 Å². The third-order valence-electron chi connectivity index (χ3n) is 12.8. The van der Waals surface area contributed by atoms with Crippen molar-refractivity contribution in [2.45, 2.75) is 198 Å². The number of anilines is 2. The van der Waals surface area contributed by atoms with Gasteiger partial charge in [-0.15, -0.1) is 9.80 Å². The lowest BCUT2D eigenvalue weighted by molar-refractivity contribution is -0.166. The first-order valence-corrected chi connectivity index (χ1v) is 25.5. The summed E-state index contributed by atoms with van der Waals surface area (Å²) in [6, 6.07) is 0. The van der Waals surface area contributed by atoms with Crippen LogP contribution in [0.15, 0.2) is 12.7 Å². The summed E-state index contributed by atoms with van der Waals surface area (Å²) in [6.07, 6.45) is 0.532. The molecule has 2 fully saturated rings. The Labute approximate surface area is 433 Å². The number of fused-ring (bicyclic) bond motifs is 2. The van der Waals surface area contributed by atoms with Crippen molar-refractivity contribution in [2.24, 2.45) is 35.5 Å². The smallest absolute Gasteiger partial charge is 0.427 e. The molecule has 0 bridgehead atoms. The number of nitrogens with zero attached hydrogens (tertiary/aromatic N) is 10. The monoisotopic (exact) mass is 1050 g/mol. The third kappa shape index (κ3) is 13.4. The van der Waals surface area contributed by atoms with Crippen LogP contribution in [-0.2, 0) is 28.4 Å². The fourth-order valence-corrected chi connectivity index (χ4v) is 9.10. The lowest BCUT2D eigenvalue weighted by Gasteiger charge is -2.44. The Morgan fingerprint density at radius 1 is 0.528 bits per heavy atom. The summed E-state index contributed by atoms with van der Waals surface area (Å²) in [5.74, 6) is 1.34. The van der Waals surface area contributed by atoms with Crippen molar-refractivity contribution in [3.63, 3.8) is 0 Å². The van der Waals surface area contributed by atoms with E-state index in [0.29, 0.717) is 50.2 Å². The van der Waals surface area contributed by atoms with Crippen LogP contribution in [0.1, 0.15) is 164 Å². The number of hydrogen-bond donors (Lipinski definition) is 0. The maximum Gasteiger partial charge on any atom is 0.427 e. The number of rotatable bonds is 6. The number of imide groups is 2. The van der Waals surface area contributed by atoms with Gasteiger partial charge < -0.3 is 28.4 Å². The molecule has 400 valence electrons. The Kier molecular flexibility index (Phi) is 17.6. The molecule has 0 N–H and O–H groups in total. The van der Waals surface area contributed by atoms with Crippen LogP contribution in [0.3, 0.4) is 0 Å². The zero-order chi connectivity index (χ0) is 54.3. The maximum atomic E-state index is 13.1. The van der Waals surface area contributed by atoms with E-state index in [-0.39, 0.29) is 64.3 Å². The van der Waals surface area contributed by atoms with E-state index >= 15 is 0 Å². The van der Waals surface area contributed by atoms with Gasteiger partial charge in [-0.3, -0.25) is 9.13 Å². The molecule has 10 atom stereocenters. The van der Waals surface area contributed by atoms with Crippen molar-refractivity contribution in [1.82, 2.24) is 39.0 Å². The van der Waals surface area contributed by atoms with Gasteiger partial charge in [-0.25, -0.2) is 29.1 Å². The normalized spacial score (nSPS) is 25.0. The van der Waals surface area contributed by atoms with Gasteiger partial charge in [-0.05, 0) is 120 Å². The number of halogens is 2. The van der Waals surface area contributed by atoms with Crippen molar-refractivity contribution in [3.05, 3.63) is 23.0 Å². The number of imidazole rings is 2. The Morgan fingerprint density at radius 2 is 0.889 bits per heavy atom. The molecule has 22 heteroatoms.